The number of nitrogens with one attached hydrogen (secondary N) is 2. The van der Waals surface area contributed by atoms with Crippen molar-refractivity contribution in [2.45, 2.75) is 37.3 Å². The Morgan fingerprint density at radius 3 is 2.81 bits per heavy atom. The van der Waals surface area contributed by atoms with Gasteiger partial charge in [-0.2, -0.15) is 4.98 Å². The van der Waals surface area contributed by atoms with Gasteiger partial charge in [-0.3, -0.25) is 10.1 Å². The molecule has 0 aromatic carbocycles. The summed E-state index contributed by atoms with van der Waals surface area (Å²) in [5.41, 5.74) is 0. The van der Waals surface area contributed by atoms with Crippen molar-refractivity contribution in [1.29, 1.82) is 0 Å². The number of aromatic nitrogens is 3. The summed E-state index contributed by atoms with van der Waals surface area (Å²) in [5.74, 6) is 0.681. The lowest BCUT2D eigenvalue weighted by molar-refractivity contribution is -0.120. The average molecular weight is 240 g/mol. The number of anilines is 1. The van der Waals surface area contributed by atoms with Crippen molar-refractivity contribution in [2.75, 3.05) is 11.6 Å². The highest BCUT2D eigenvalue weighted by Crippen LogP contribution is 2.24. The topological polar surface area (TPSA) is 70.7 Å². The third kappa shape index (κ3) is 2.75. The molecule has 1 aliphatic carbocycles. The zero-order chi connectivity index (χ0) is 11.4. The van der Waals surface area contributed by atoms with Crippen LogP contribution in [-0.4, -0.2) is 27.3 Å². The fourth-order valence-corrected chi connectivity index (χ4v) is 2.30. The monoisotopic (exact) mass is 240 g/mol. The van der Waals surface area contributed by atoms with Gasteiger partial charge in [-0.1, -0.05) is 31.0 Å². The second kappa shape index (κ2) is 5.34. The van der Waals surface area contributed by atoms with E-state index in [0.29, 0.717) is 11.1 Å². The first kappa shape index (κ1) is 11.4. The number of hydrogen-bond acceptors (Lipinski definition) is 4. The Kier molecular flexibility index (Phi) is 3.82. The van der Waals surface area contributed by atoms with Crippen LogP contribution in [0, 0.1) is 5.92 Å². The van der Waals surface area contributed by atoms with Crippen molar-refractivity contribution in [3.05, 3.63) is 0 Å². The van der Waals surface area contributed by atoms with Gasteiger partial charge in [0, 0.05) is 5.92 Å². The van der Waals surface area contributed by atoms with Crippen LogP contribution in [0.5, 0.6) is 0 Å². The van der Waals surface area contributed by atoms with Gasteiger partial charge in [-0.25, -0.2) is 5.10 Å². The normalized spacial score (nSPS) is 17.3. The van der Waals surface area contributed by atoms with Crippen LogP contribution in [0.1, 0.15) is 32.1 Å². The lowest BCUT2D eigenvalue weighted by Crippen LogP contribution is -2.25. The standard InChI is InChI=1S/C10H16N4OS/c1-16-10-12-9(13-14-10)11-8(15)7-5-3-2-4-6-7/h7H,2-6H2,1H3,(H2,11,12,13,14,15). The molecule has 1 aromatic rings. The van der Waals surface area contributed by atoms with E-state index in [1.54, 1.807) is 0 Å². The molecule has 0 unspecified atom stereocenters. The molecule has 0 atom stereocenters. The maximum Gasteiger partial charge on any atom is 0.229 e. The van der Waals surface area contributed by atoms with Crippen LogP contribution in [0.15, 0.2) is 5.16 Å². The van der Waals surface area contributed by atoms with Crippen molar-refractivity contribution in [3.8, 4) is 0 Å². The first-order valence-electron chi connectivity index (χ1n) is 5.57. The smallest absolute Gasteiger partial charge is 0.229 e. The number of carbonyl (C=O) groups excluding carboxylic acids is 1. The second-order valence-electron chi connectivity index (χ2n) is 3.99. The lowest BCUT2D eigenvalue weighted by Gasteiger charge is -2.19. The predicted molar refractivity (Wildman–Crippen MR) is 63.4 cm³/mol. The Labute approximate surface area is 98.8 Å². The SMILES string of the molecule is CSc1n[nH]c(NC(=O)C2CCCCC2)n1. The largest absolute Gasteiger partial charge is 0.295 e. The van der Waals surface area contributed by atoms with Gasteiger partial charge in [0.05, 0.1) is 0 Å². The van der Waals surface area contributed by atoms with Crippen LogP contribution < -0.4 is 5.32 Å². The zero-order valence-corrected chi connectivity index (χ0v) is 10.1. The Bertz CT molecular complexity index is 359. The van der Waals surface area contributed by atoms with E-state index in [9.17, 15) is 4.79 Å². The molecule has 2 rings (SSSR count). The Balaban J connectivity index is 1.90. The van der Waals surface area contributed by atoms with Gasteiger partial charge in [-0.15, -0.1) is 5.10 Å². The number of amides is 1. The van der Waals surface area contributed by atoms with E-state index in [4.69, 9.17) is 0 Å². The molecule has 2 N–H and O–H groups in total. The van der Waals surface area contributed by atoms with E-state index in [1.807, 2.05) is 6.26 Å². The van der Waals surface area contributed by atoms with Gasteiger partial charge in [-0.05, 0) is 19.1 Å². The van der Waals surface area contributed by atoms with Crippen molar-refractivity contribution in [2.24, 2.45) is 5.92 Å². The molecule has 1 fully saturated rings. The molecule has 0 spiro atoms. The molecule has 0 bridgehead atoms. The number of rotatable bonds is 3. The molecule has 1 amide bonds. The molecule has 0 radical (unpaired) electrons. The fourth-order valence-electron chi connectivity index (χ4n) is 1.98. The third-order valence-corrected chi connectivity index (χ3v) is 3.41. The maximum absolute atomic E-state index is 11.9. The summed E-state index contributed by atoms with van der Waals surface area (Å²) >= 11 is 1.45. The summed E-state index contributed by atoms with van der Waals surface area (Å²) < 4.78 is 0. The Morgan fingerprint density at radius 1 is 1.44 bits per heavy atom. The number of hydrogen-bond donors (Lipinski definition) is 2. The minimum absolute atomic E-state index is 0.0727. The van der Waals surface area contributed by atoms with E-state index in [1.165, 1.54) is 18.2 Å². The van der Waals surface area contributed by atoms with Crippen molar-refractivity contribution >= 4 is 23.6 Å². The predicted octanol–water partition coefficient (Wildman–Crippen LogP) is 2.05. The van der Waals surface area contributed by atoms with Crippen LogP contribution in [0.4, 0.5) is 5.95 Å². The van der Waals surface area contributed by atoms with E-state index < -0.39 is 0 Å². The van der Waals surface area contributed by atoms with E-state index >= 15 is 0 Å². The van der Waals surface area contributed by atoms with Crippen molar-refractivity contribution in [1.82, 2.24) is 15.2 Å². The molecule has 5 nitrogen and oxygen atoms in total. The fraction of sp³-hybridized carbons (Fsp3) is 0.700. The number of H-pyrrole nitrogens is 1. The molecule has 0 saturated heterocycles. The lowest BCUT2D eigenvalue weighted by atomic mass is 9.89. The number of aromatic amines is 1. The summed E-state index contributed by atoms with van der Waals surface area (Å²) in [7, 11) is 0. The summed E-state index contributed by atoms with van der Waals surface area (Å²) in [6.07, 6.45) is 7.46. The van der Waals surface area contributed by atoms with Gasteiger partial charge >= 0.3 is 0 Å². The summed E-state index contributed by atoms with van der Waals surface area (Å²) in [5, 5.41) is 10.1. The van der Waals surface area contributed by atoms with E-state index in [2.05, 4.69) is 20.5 Å². The minimum Gasteiger partial charge on any atom is -0.295 e. The summed E-state index contributed by atoms with van der Waals surface area (Å²) in [4.78, 5) is 16.0. The maximum atomic E-state index is 11.9. The molecule has 1 aromatic heterocycles. The Morgan fingerprint density at radius 2 is 2.19 bits per heavy atom. The molecule has 1 saturated carbocycles. The van der Waals surface area contributed by atoms with Crippen LogP contribution >= 0.6 is 11.8 Å². The highest BCUT2D eigenvalue weighted by Gasteiger charge is 2.21. The third-order valence-electron chi connectivity index (χ3n) is 2.87. The van der Waals surface area contributed by atoms with E-state index in [-0.39, 0.29) is 11.8 Å². The highest BCUT2D eigenvalue weighted by molar-refractivity contribution is 7.98. The molecule has 1 aliphatic rings. The van der Waals surface area contributed by atoms with Gasteiger partial charge in [0.1, 0.15) is 0 Å². The van der Waals surface area contributed by atoms with Crippen LogP contribution in [-0.2, 0) is 4.79 Å². The summed E-state index contributed by atoms with van der Waals surface area (Å²) in [6, 6.07) is 0. The van der Waals surface area contributed by atoms with Gasteiger partial charge < -0.3 is 0 Å². The average Bonchev–Trinajstić information content (AvgIpc) is 2.78. The molecular formula is C10H16N4OS. The molecule has 1 heterocycles. The van der Waals surface area contributed by atoms with Gasteiger partial charge in [0.25, 0.3) is 0 Å². The van der Waals surface area contributed by atoms with E-state index in [0.717, 1.165) is 25.7 Å². The second-order valence-corrected chi connectivity index (χ2v) is 4.77. The number of thioether (sulfide) groups is 1. The first-order chi connectivity index (χ1) is 7.79. The molecule has 88 valence electrons. The first-order valence-corrected chi connectivity index (χ1v) is 6.79. The molecular weight excluding hydrogens is 224 g/mol. The molecule has 16 heavy (non-hydrogen) atoms. The van der Waals surface area contributed by atoms with Gasteiger partial charge in [0.2, 0.25) is 17.0 Å². The number of nitrogens with zero attached hydrogens (tertiary/aromatic N) is 2. The summed E-state index contributed by atoms with van der Waals surface area (Å²) in [6.45, 7) is 0. The molecule has 0 aliphatic heterocycles. The van der Waals surface area contributed by atoms with Crippen LogP contribution in [0.25, 0.3) is 0 Å². The number of carbonyl (C=O) groups is 1. The van der Waals surface area contributed by atoms with Gasteiger partial charge in [0.15, 0.2) is 0 Å². The van der Waals surface area contributed by atoms with Crippen molar-refractivity contribution < 1.29 is 4.79 Å². The van der Waals surface area contributed by atoms with Crippen LogP contribution in [0.3, 0.4) is 0 Å². The van der Waals surface area contributed by atoms with Crippen LogP contribution in [0.2, 0.25) is 0 Å². The van der Waals surface area contributed by atoms with Crippen molar-refractivity contribution in [3.63, 3.8) is 0 Å². The quantitative estimate of drug-likeness (QED) is 0.793. The highest BCUT2D eigenvalue weighted by atomic mass is 32.2. The minimum atomic E-state index is 0.0727. The Hall–Kier alpha value is -1.04. The molecule has 6 heteroatoms. The zero-order valence-electron chi connectivity index (χ0n) is 9.32.